The molecule has 0 spiro atoms. The summed E-state index contributed by atoms with van der Waals surface area (Å²) in [4.78, 5) is 11.6. The SMILES string of the molecule is CC(C)C(CO)NC(=O)COc1ccccc1Cl. The molecule has 1 atom stereocenters. The van der Waals surface area contributed by atoms with Crippen molar-refractivity contribution in [2.24, 2.45) is 5.92 Å². The van der Waals surface area contributed by atoms with E-state index >= 15 is 0 Å². The zero-order chi connectivity index (χ0) is 13.5. The molecule has 0 radical (unpaired) electrons. The first-order valence-corrected chi connectivity index (χ1v) is 6.20. The molecule has 1 amide bonds. The number of halogens is 1. The molecule has 0 aliphatic carbocycles. The molecule has 1 unspecified atom stereocenters. The monoisotopic (exact) mass is 271 g/mol. The van der Waals surface area contributed by atoms with Crippen molar-refractivity contribution in [3.8, 4) is 5.75 Å². The minimum absolute atomic E-state index is 0.0878. The van der Waals surface area contributed by atoms with Crippen LogP contribution >= 0.6 is 11.6 Å². The molecule has 5 heteroatoms. The molecule has 18 heavy (non-hydrogen) atoms. The van der Waals surface area contributed by atoms with Crippen LogP contribution in [0, 0.1) is 5.92 Å². The number of aliphatic hydroxyl groups is 1. The topological polar surface area (TPSA) is 58.6 Å². The zero-order valence-electron chi connectivity index (χ0n) is 10.5. The summed E-state index contributed by atoms with van der Waals surface area (Å²) in [5.74, 6) is 0.362. The smallest absolute Gasteiger partial charge is 0.258 e. The van der Waals surface area contributed by atoms with Gasteiger partial charge < -0.3 is 15.2 Å². The lowest BCUT2D eigenvalue weighted by Crippen LogP contribution is -2.43. The van der Waals surface area contributed by atoms with E-state index < -0.39 is 0 Å². The lowest BCUT2D eigenvalue weighted by Gasteiger charge is -2.19. The van der Waals surface area contributed by atoms with E-state index in [4.69, 9.17) is 21.4 Å². The molecule has 100 valence electrons. The molecule has 4 nitrogen and oxygen atoms in total. The predicted octanol–water partition coefficient (Wildman–Crippen LogP) is 1.85. The largest absolute Gasteiger partial charge is 0.482 e. The van der Waals surface area contributed by atoms with Crippen LogP contribution in [0.4, 0.5) is 0 Å². The maximum absolute atomic E-state index is 11.6. The summed E-state index contributed by atoms with van der Waals surface area (Å²) in [5.41, 5.74) is 0. The normalized spacial score (nSPS) is 12.3. The quantitative estimate of drug-likeness (QED) is 0.830. The van der Waals surface area contributed by atoms with Gasteiger partial charge in [0, 0.05) is 0 Å². The van der Waals surface area contributed by atoms with Gasteiger partial charge in [-0.25, -0.2) is 0 Å². The van der Waals surface area contributed by atoms with Crippen molar-refractivity contribution in [1.82, 2.24) is 5.32 Å². The second kappa shape index (κ2) is 7.24. The highest BCUT2D eigenvalue weighted by molar-refractivity contribution is 6.32. The summed E-state index contributed by atoms with van der Waals surface area (Å²) in [6.45, 7) is 3.65. The van der Waals surface area contributed by atoms with Crippen LogP contribution in [-0.4, -0.2) is 30.3 Å². The summed E-state index contributed by atoms with van der Waals surface area (Å²) in [7, 11) is 0. The van der Waals surface area contributed by atoms with Gasteiger partial charge in [-0.1, -0.05) is 37.6 Å². The first kappa shape index (κ1) is 14.8. The molecule has 1 aromatic rings. The molecule has 0 aromatic heterocycles. The van der Waals surface area contributed by atoms with Crippen LogP contribution in [0.2, 0.25) is 5.02 Å². The van der Waals surface area contributed by atoms with Crippen LogP contribution in [0.15, 0.2) is 24.3 Å². The predicted molar refractivity (Wildman–Crippen MR) is 70.8 cm³/mol. The Hall–Kier alpha value is -1.26. The highest BCUT2D eigenvalue weighted by Gasteiger charge is 2.15. The fourth-order valence-corrected chi connectivity index (χ4v) is 1.57. The lowest BCUT2D eigenvalue weighted by molar-refractivity contribution is -0.124. The standard InChI is InChI=1S/C13H18ClNO3/c1-9(2)11(7-16)15-13(17)8-18-12-6-4-3-5-10(12)14/h3-6,9,11,16H,7-8H2,1-2H3,(H,15,17). The summed E-state index contributed by atoms with van der Waals surface area (Å²) in [6.07, 6.45) is 0. The van der Waals surface area contributed by atoms with Crippen molar-refractivity contribution in [2.45, 2.75) is 19.9 Å². The number of hydrogen-bond acceptors (Lipinski definition) is 3. The molecule has 0 aliphatic rings. The first-order valence-electron chi connectivity index (χ1n) is 5.82. The Labute approximate surface area is 112 Å². The Morgan fingerprint density at radius 1 is 1.44 bits per heavy atom. The van der Waals surface area contributed by atoms with Crippen LogP contribution in [0.1, 0.15) is 13.8 Å². The van der Waals surface area contributed by atoms with Crippen molar-refractivity contribution < 1.29 is 14.6 Å². The van der Waals surface area contributed by atoms with Gasteiger partial charge in [0.05, 0.1) is 17.7 Å². The van der Waals surface area contributed by atoms with E-state index in [0.29, 0.717) is 10.8 Å². The van der Waals surface area contributed by atoms with Gasteiger partial charge in [-0.05, 0) is 18.1 Å². The van der Waals surface area contributed by atoms with Crippen LogP contribution in [-0.2, 0) is 4.79 Å². The van der Waals surface area contributed by atoms with E-state index in [1.807, 2.05) is 13.8 Å². The van der Waals surface area contributed by atoms with Crippen LogP contribution in [0.5, 0.6) is 5.75 Å². The summed E-state index contributed by atoms with van der Waals surface area (Å²) >= 11 is 5.89. The number of amides is 1. The van der Waals surface area contributed by atoms with E-state index in [-0.39, 0.29) is 31.1 Å². The van der Waals surface area contributed by atoms with Gasteiger partial charge in [0.1, 0.15) is 5.75 Å². The minimum atomic E-state index is -0.275. The summed E-state index contributed by atoms with van der Waals surface area (Å²) < 4.78 is 5.30. The molecule has 1 rings (SSSR count). The number of rotatable bonds is 6. The van der Waals surface area contributed by atoms with E-state index in [9.17, 15) is 4.79 Å². The Kier molecular flexibility index (Phi) is 5.95. The fraction of sp³-hybridized carbons (Fsp3) is 0.462. The number of carbonyl (C=O) groups excluding carboxylic acids is 1. The van der Waals surface area contributed by atoms with Crippen molar-refractivity contribution >= 4 is 17.5 Å². The van der Waals surface area contributed by atoms with Gasteiger partial charge in [-0.2, -0.15) is 0 Å². The zero-order valence-corrected chi connectivity index (χ0v) is 11.3. The number of benzene rings is 1. The highest BCUT2D eigenvalue weighted by atomic mass is 35.5. The average Bonchev–Trinajstić information content (AvgIpc) is 2.34. The fourth-order valence-electron chi connectivity index (χ4n) is 1.38. The average molecular weight is 272 g/mol. The highest BCUT2D eigenvalue weighted by Crippen LogP contribution is 2.22. The number of carbonyl (C=O) groups is 1. The van der Waals surface area contributed by atoms with Gasteiger partial charge >= 0.3 is 0 Å². The molecule has 0 heterocycles. The Balaban J connectivity index is 2.44. The maximum atomic E-state index is 11.6. The molecular formula is C13H18ClNO3. The molecule has 0 saturated carbocycles. The van der Waals surface area contributed by atoms with Crippen molar-refractivity contribution in [2.75, 3.05) is 13.2 Å². The molecule has 0 aliphatic heterocycles. The molecular weight excluding hydrogens is 254 g/mol. The van der Waals surface area contributed by atoms with Crippen LogP contribution < -0.4 is 10.1 Å². The number of aliphatic hydroxyl groups excluding tert-OH is 1. The van der Waals surface area contributed by atoms with Gasteiger partial charge in [-0.3, -0.25) is 4.79 Å². The Morgan fingerprint density at radius 3 is 2.67 bits per heavy atom. The molecule has 0 bridgehead atoms. The van der Waals surface area contributed by atoms with E-state index in [1.54, 1.807) is 24.3 Å². The van der Waals surface area contributed by atoms with E-state index in [0.717, 1.165) is 0 Å². The van der Waals surface area contributed by atoms with Crippen molar-refractivity contribution in [3.63, 3.8) is 0 Å². The van der Waals surface area contributed by atoms with Gasteiger partial charge in [0.25, 0.3) is 5.91 Å². The molecule has 2 N–H and O–H groups in total. The third-order valence-corrected chi connectivity index (χ3v) is 2.86. The summed E-state index contributed by atoms with van der Waals surface area (Å²) in [6, 6.07) is 6.70. The first-order chi connectivity index (χ1) is 8.54. The minimum Gasteiger partial charge on any atom is -0.482 e. The van der Waals surface area contributed by atoms with Crippen LogP contribution in [0.3, 0.4) is 0 Å². The number of para-hydroxylation sites is 1. The van der Waals surface area contributed by atoms with Crippen molar-refractivity contribution in [3.05, 3.63) is 29.3 Å². The Morgan fingerprint density at radius 2 is 2.11 bits per heavy atom. The third-order valence-electron chi connectivity index (χ3n) is 2.54. The number of nitrogens with one attached hydrogen (secondary N) is 1. The van der Waals surface area contributed by atoms with Crippen LogP contribution in [0.25, 0.3) is 0 Å². The van der Waals surface area contributed by atoms with Crippen molar-refractivity contribution in [1.29, 1.82) is 0 Å². The molecule has 1 aromatic carbocycles. The Bertz CT molecular complexity index is 396. The molecule has 0 saturated heterocycles. The lowest BCUT2D eigenvalue weighted by atomic mass is 10.1. The van der Waals surface area contributed by atoms with Gasteiger partial charge in [0.2, 0.25) is 0 Å². The van der Waals surface area contributed by atoms with E-state index in [1.165, 1.54) is 0 Å². The van der Waals surface area contributed by atoms with E-state index in [2.05, 4.69) is 5.32 Å². The second-order valence-electron chi connectivity index (χ2n) is 4.32. The second-order valence-corrected chi connectivity index (χ2v) is 4.73. The summed E-state index contributed by atoms with van der Waals surface area (Å²) in [5, 5.41) is 12.3. The molecule has 0 fully saturated rings. The number of ether oxygens (including phenoxy) is 1. The third kappa shape index (κ3) is 4.55. The van der Waals surface area contributed by atoms with Gasteiger partial charge in [0.15, 0.2) is 6.61 Å². The number of hydrogen-bond donors (Lipinski definition) is 2. The maximum Gasteiger partial charge on any atom is 0.258 e. The van der Waals surface area contributed by atoms with Gasteiger partial charge in [-0.15, -0.1) is 0 Å².